The first-order valence-electron chi connectivity index (χ1n) is 8.24. The van der Waals surface area contributed by atoms with Gasteiger partial charge >= 0.3 is 12.1 Å². The molecule has 2 aliphatic rings. The summed E-state index contributed by atoms with van der Waals surface area (Å²) in [5.74, 6) is -1.17. The molecule has 2 unspecified atom stereocenters. The van der Waals surface area contributed by atoms with Crippen molar-refractivity contribution in [2.24, 2.45) is 17.3 Å². The lowest BCUT2D eigenvalue weighted by atomic mass is 9.75. The molecule has 2 atom stereocenters. The van der Waals surface area contributed by atoms with E-state index in [1.54, 1.807) is 0 Å². The zero-order valence-corrected chi connectivity index (χ0v) is 14.4. The van der Waals surface area contributed by atoms with E-state index in [4.69, 9.17) is 4.74 Å². The van der Waals surface area contributed by atoms with Crippen molar-refractivity contribution in [3.63, 3.8) is 0 Å². The summed E-state index contributed by atoms with van der Waals surface area (Å²) in [5, 5.41) is 12.5. The number of hydrogen-bond donors (Lipinski definition) is 2. The molecule has 0 saturated heterocycles. The monoisotopic (exact) mass is 311 g/mol. The molecule has 0 heterocycles. The second kappa shape index (κ2) is 5.43. The number of hydrogen-bond acceptors (Lipinski definition) is 3. The topological polar surface area (TPSA) is 75.6 Å². The normalized spacial score (nSPS) is 29.5. The second-order valence-corrected chi connectivity index (χ2v) is 8.46. The highest BCUT2D eigenvalue weighted by atomic mass is 16.6. The quantitative estimate of drug-likeness (QED) is 0.835. The van der Waals surface area contributed by atoms with Crippen LogP contribution in [-0.4, -0.2) is 28.3 Å². The third-order valence-corrected chi connectivity index (χ3v) is 5.18. The number of carboxylic acid groups (broad SMARTS) is 1. The molecule has 0 radical (unpaired) electrons. The third kappa shape index (κ3) is 3.23. The van der Waals surface area contributed by atoms with Crippen LogP contribution in [0.2, 0.25) is 0 Å². The van der Waals surface area contributed by atoms with Gasteiger partial charge in [-0.3, -0.25) is 4.79 Å². The summed E-state index contributed by atoms with van der Waals surface area (Å²) in [4.78, 5) is 23.8. The molecule has 2 rings (SSSR count). The lowest BCUT2D eigenvalue weighted by molar-refractivity contribution is -0.139. The van der Waals surface area contributed by atoms with Crippen molar-refractivity contribution in [2.45, 2.75) is 77.9 Å². The van der Waals surface area contributed by atoms with Gasteiger partial charge in [-0.2, -0.15) is 0 Å². The van der Waals surface area contributed by atoms with Crippen LogP contribution in [0.3, 0.4) is 0 Å². The summed E-state index contributed by atoms with van der Waals surface area (Å²) in [5.41, 5.74) is -1.27. The third-order valence-electron chi connectivity index (χ3n) is 5.18. The van der Waals surface area contributed by atoms with E-state index in [0.29, 0.717) is 0 Å². The maximum atomic E-state index is 12.3. The number of carboxylic acids is 1. The van der Waals surface area contributed by atoms with E-state index in [9.17, 15) is 14.7 Å². The van der Waals surface area contributed by atoms with Crippen molar-refractivity contribution in [3.05, 3.63) is 0 Å². The fourth-order valence-corrected chi connectivity index (χ4v) is 4.33. The molecule has 1 amide bonds. The Bertz CT molecular complexity index is 458. The van der Waals surface area contributed by atoms with Crippen LogP contribution in [0, 0.1) is 17.3 Å². The van der Waals surface area contributed by atoms with Gasteiger partial charge in [-0.25, -0.2) is 4.79 Å². The molecular weight excluding hydrogens is 282 g/mol. The molecule has 2 N–H and O–H groups in total. The Balaban J connectivity index is 2.19. The minimum absolute atomic E-state index is 0.0229. The van der Waals surface area contributed by atoms with Gasteiger partial charge in [-0.1, -0.05) is 33.1 Å². The molecule has 2 aliphatic carbocycles. The Labute approximate surface area is 132 Å². The van der Waals surface area contributed by atoms with Gasteiger partial charge in [0.25, 0.3) is 0 Å². The summed E-state index contributed by atoms with van der Waals surface area (Å²) in [6, 6.07) is 0. The van der Waals surface area contributed by atoms with Gasteiger partial charge in [0.15, 0.2) is 0 Å². The Morgan fingerprint density at radius 1 is 1.14 bits per heavy atom. The van der Waals surface area contributed by atoms with Crippen LogP contribution in [0.15, 0.2) is 0 Å². The van der Waals surface area contributed by atoms with E-state index >= 15 is 0 Å². The number of rotatable bonds is 3. The van der Waals surface area contributed by atoms with Gasteiger partial charge in [-0.15, -0.1) is 0 Å². The molecular formula is C17H29NO4. The molecule has 0 bridgehead atoms. The standard InChI is InChI=1S/C17H29NO4/c1-15(2,3)22-14(21)18-17(9-7-6-8-10-17)12-11(13(19)20)16(12,4)5/h11-12H,6-10H2,1-5H3,(H,18,21)(H,19,20). The zero-order chi connectivity index (χ0) is 16.8. The van der Waals surface area contributed by atoms with Crippen LogP contribution in [0.4, 0.5) is 4.79 Å². The van der Waals surface area contributed by atoms with E-state index in [2.05, 4.69) is 5.32 Å². The van der Waals surface area contributed by atoms with Gasteiger partial charge in [0.1, 0.15) is 5.60 Å². The van der Waals surface area contributed by atoms with Crippen LogP contribution in [0.25, 0.3) is 0 Å². The average Bonchev–Trinajstić information content (AvgIpc) is 2.92. The van der Waals surface area contributed by atoms with E-state index in [1.807, 2.05) is 34.6 Å². The van der Waals surface area contributed by atoms with Crippen molar-refractivity contribution in [2.75, 3.05) is 0 Å². The zero-order valence-electron chi connectivity index (χ0n) is 14.4. The number of carbonyl (C=O) groups excluding carboxylic acids is 1. The molecule has 0 aromatic heterocycles. The van der Waals surface area contributed by atoms with Crippen molar-refractivity contribution >= 4 is 12.1 Å². The number of ether oxygens (including phenoxy) is 1. The number of amides is 1. The van der Waals surface area contributed by atoms with E-state index in [0.717, 1.165) is 32.1 Å². The first-order valence-corrected chi connectivity index (χ1v) is 8.24. The Hall–Kier alpha value is -1.26. The van der Waals surface area contributed by atoms with E-state index in [-0.39, 0.29) is 17.3 Å². The fraction of sp³-hybridized carbons (Fsp3) is 0.882. The Kier molecular flexibility index (Phi) is 4.22. The average molecular weight is 311 g/mol. The maximum absolute atomic E-state index is 12.3. The van der Waals surface area contributed by atoms with Gasteiger partial charge in [-0.05, 0) is 39.0 Å². The molecule has 126 valence electrons. The largest absolute Gasteiger partial charge is 0.481 e. The van der Waals surface area contributed by atoms with Crippen LogP contribution in [0.1, 0.15) is 66.7 Å². The van der Waals surface area contributed by atoms with E-state index in [1.165, 1.54) is 0 Å². The highest BCUT2D eigenvalue weighted by Crippen LogP contribution is 2.65. The van der Waals surface area contributed by atoms with Gasteiger partial charge in [0.05, 0.1) is 5.92 Å². The molecule has 2 saturated carbocycles. The minimum atomic E-state index is -0.758. The predicted octanol–water partition coefficient (Wildman–Crippen LogP) is 3.57. The highest BCUT2D eigenvalue weighted by molar-refractivity contribution is 5.77. The smallest absolute Gasteiger partial charge is 0.408 e. The summed E-state index contributed by atoms with van der Waals surface area (Å²) in [6.45, 7) is 9.48. The number of alkyl carbamates (subject to hydrolysis) is 1. The molecule has 0 spiro atoms. The van der Waals surface area contributed by atoms with Gasteiger partial charge in [0, 0.05) is 11.5 Å². The Morgan fingerprint density at radius 2 is 1.68 bits per heavy atom. The Morgan fingerprint density at radius 3 is 2.09 bits per heavy atom. The summed E-state index contributed by atoms with van der Waals surface area (Å²) >= 11 is 0. The first-order chi connectivity index (χ1) is 10.00. The maximum Gasteiger partial charge on any atom is 0.408 e. The van der Waals surface area contributed by atoms with Crippen molar-refractivity contribution in [3.8, 4) is 0 Å². The fourth-order valence-electron chi connectivity index (χ4n) is 4.33. The highest BCUT2D eigenvalue weighted by Gasteiger charge is 2.70. The van der Waals surface area contributed by atoms with Crippen molar-refractivity contribution < 1.29 is 19.4 Å². The molecule has 22 heavy (non-hydrogen) atoms. The lowest BCUT2D eigenvalue weighted by Crippen LogP contribution is -2.54. The molecule has 0 aromatic carbocycles. The molecule has 5 heteroatoms. The van der Waals surface area contributed by atoms with Crippen molar-refractivity contribution in [1.82, 2.24) is 5.32 Å². The molecule has 2 fully saturated rings. The summed E-state index contributed by atoms with van der Waals surface area (Å²) in [6.07, 6.45) is 4.43. The van der Waals surface area contributed by atoms with Crippen LogP contribution in [-0.2, 0) is 9.53 Å². The summed E-state index contributed by atoms with van der Waals surface area (Å²) in [7, 11) is 0. The molecule has 0 aliphatic heterocycles. The first kappa shape index (κ1) is 17.1. The van der Waals surface area contributed by atoms with Crippen LogP contribution in [0.5, 0.6) is 0 Å². The number of aliphatic carboxylic acids is 1. The predicted molar refractivity (Wildman–Crippen MR) is 83.6 cm³/mol. The van der Waals surface area contributed by atoms with Crippen LogP contribution >= 0.6 is 0 Å². The van der Waals surface area contributed by atoms with Crippen LogP contribution < -0.4 is 5.32 Å². The van der Waals surface area contributed by atoms with Gasteiger partial charge in [0.2, 0.25) is 0 Å². The second-order valence-electron chi connectivity index (χ2n) is 8.46. The van der Waals surface area contributed by atoms with Crippen molar-refractivity contribution in [1.29, 1.82) is 0 Å². The number of carbonyl (C=O) groups is 2. The lowest BCUT2D eigenvalue weighted by Gasteiger charge is -2.40. The molecule has 5 nitrogen and oxygen atoms in total. The SMILES string of the molecule is CC(C)(C)OC(=O)NC1(C2C(C(=O)O)C2(C)C)CCCCC1. The number of nitrogens with one attached hydrogen (secondary N) is 1. The molecule has 0 aromatic rings. The van der Waals surface area contributed by atoms with E-state index < -0.39 is 23.2 Å². The van der Waals surface area contributed by atoms with Gasteiger partial charge < -0.3 is 15.2 Å². The summed E-state index contributed by atoms with van der Waals surface area (Å²) < 4.78 is 5.41. The minimum Gasteiger partial charge on any atom is -0.481 e.